The van der Waals surface area contributed by atoms with Crippen molar-refractivity contribution in [3.05, 3.63) is 30.3 Å². The molecule has 0 spiro atoms. The Hall–Kier alpha value is -0.550. The van der Waals surface area contributed by atoms with Crippen LogP contribution < -0.4 is 4.74 Å². The van der Waals surface area contributed by atoms with Gasteiger partial charge in [-0.25, -0.2) is 0 Å². The largest absolute Gasteiger partial charge is 0.497 e. The molecule has 0 aliphatic carbocycles. The number of hydrogen-bond acceptors (Lipinski definition) is 1. The molecule has 0 N–H and O–H groups in total. The van der Waals surface area contributed by atoms with Crippen LogP contribution in [0.4, 0.5) is 0 Å². The fourth-order valence-electron chi connectivity index (χ4n) is 2.74. The monoisotopic (exact) mass is 366 g/mol. The number of ether oxygens (including phenoxy) is 1. The van der Waals surface area contributed by atoms with E-state index in [1.807, 2.05) is 30.3 Å². The van der Waals surface area contributed by atoms with Crippen LogP contribution in [-0.4, -0.2) is 19.4 Å². The average Bonchev–Trinajstić information content (AvgIpc) is 2.67. The molecule has 1 rings (SSSR count). The Balaban J connectivity index is 0.000000593. The highest BCUT2D eigenvalue weighted by Crippen LogP contribution is 2.17. The highest BCUT2D eigenvalue weighted by molar-refractivity contribution is 7.37. The SMILES string of the molecule is CCCCCCCCPCCCCCCCC.COc1ccccc1. The Bertz CT molecular complexity index is 325. The van der Waals surface area contributed by atoms with Gasteiger partial charge in [0.15, 0.2) is 0 Å². The zero-order valence-corrected chi connectivity index (χ0v) is 18.2. The van der Waals surface area contributed by atoms with E-state index in [0.29, 0.717) is 0 Å². The third kappa shape index (κ3) is 19.6. The minimum absolute atomic E-state index is 0.910. The lowest BCUT2D eigenvalue weighted by Gasteiger charge is -2.03. The molecule has 1 aromatic rings. The minimum atomic E-state index is 0.910. The van der Waals surface area contributed by atoms with Crippen molar-refractivity contribution in [1.29, 1.82) is 0 Å². The topological polar surface area (TPSA) is 9.23 Å². The van der Waals surface area contributed by atoms with Gasteiger partial charge in [-0.1, -0.05) is 96.3 Å². The van der Waals surface area contributed by atoms with E-state index in [9.17, 15) is 0 Å². The molecule has 0 amide bonds. The molecule has 0 unspecified atom stereocenters. The predicted octanol–water partition coefficient (Wildman–Crippen LogP) is 8.08. The summed E-state index contributed by atoms with van der Waals surface area (Å²) in [6, 6.07) is 9.68. The molecule has 0 radical (unpaired) electrons. The summed E-state index contributed by atoms with van der Waals surface area (Å²) in [7, 11) is 2.92. The summed E-state index contributed by atoms with van der Waals surface area (Å²) in [6.07, 6.45) is 20.5. The first-order valence-corrected chi connectivity index (χ1v) is 12.1. The van der Waals surface area contributed by atoms with Gasteiger partial charge in [-0.15, -0.1) is 8.58 Å². The van der Waals surface area contributed by atoms with Crippen molar-refractivity contribution >= 4 is 8.58 Å². The summed E-state index contributed by atoms with van der Waals surface area (Å²) < 4.78 is 4.91. The second-order valence-electron chi connectivity index (χ2n) is 6.80. The molecule has 1 aromatic carbocycles. The van der Waals surface area contributed by atoms with Gasteiger partial charge in [0, 0.05) is 0 Å². The molecule has 25 heavy (non-hydrogen) atoms. The van der Waals surface area contributed by atoms with Gasteiger partial charge in [0.2, 0.25) is 0 Å². The maximum atomic E-state index is 4.91. The second-order valence-corrected chi connectivity index (χ2v) is 8.30. The molecule has 0 bridgehead atoms. The van der Waals surface area contributed by atoms with E-state index in [1.165, 1.54) is 98.0 Å². The fraction of sp³-hybridized carbons (Fsp3) is 0.739. The summed E-state index contributed by atoms with van der Waals surface area (Å²) in [5.41, 5.74) is 0. The van der Waals surface area contributed by atoms with Crippen LogP contribution in [-0.2, 0) is 0 Å². The summed E-state index contributed by atoms with van der Waals surface area (Å²) in [5.74, 6) is 0.910. The van der Waals surface area contributed by atoms with Crippen LogP contribution in [0.15, 0.2) is 30.3 Å². The number of methoxy groups -OCH3 is 1. The molecule has 0 saturated carbocycles. The summed E-state index contributed by atoms with van der Waals surface area (Å²) >= 11 is 0. The Morgan fingerprint density at radius 2 is 1.08 bits per heavy atom. The van der Waals surface area contributed by atoms with E-state index < -0.39 is 0 Å². The third-order valence-electron chi connectivity index (χ3n) is 4.39. The molecule has 0 heterocycles. The predicted molar refractivity (Wildman–Crippen MR) is 118 cm³/mol. The first-order valence-electron chi connectivity index (χ1n) is 10.6. The number of para-hydroxylation sites is 1. The molecule has 1 nitrogen and oxygen atoms in total. The van der Waals surface area contributed by atoms with Gasteiger partial charge in [-0.3, -0.25) is 0 Å². The third-order valence-corrected chi connectivity index (χ3v) is 5.81. The van der Waals surface area contributed by atoms with Crippen LogP contribution in [0.2, 0.25) is 0 Å². The van der Waals surface area contributed by atoms with E-state index in [2.05, 4.69) is 13.8 Å². The van der Waals surface area contributed by atoms with Crippen LogP contribution >= 0.6 is 8.58 Å². The average molecular weight is 367 g/mol. The Morgan fingerprint density at radius 1 is 0.640 bits per heavy atom. The van der Waals surface area contributed by atoms with E-state index in [-0.39, 0.29) is 0 Å². The smallest absolute Gasteiger partial charge is 0.118 e. The lowest BCUT2D eigenvalue weighted by atomic mass is 10.1. The summed E-state index contributed by atoms with van der Waals surface area (Å²) in [6.45, 7) is 4.59. The molecule has 0 fully saturated rings. The molecule has 2 heteroatoms. The Morgan fingerprint density at radius 3 is 1.48 bits per heavy atom. The molecular formula is C23H43OP. The van der Waals surface area contributed by atoms with Crippen molar-refractivity contribution in [3.63, 3.8) is 0 Å². The van der Waals surface area contributed by atoms with E-state index in [1.54, 1.807) is 7.11 Å². The van der Waals surface area contributed by atoms with Crippen LogP contribution in [0.5, 0.6) is 5.75 Å². The van der Waals surface area contributed by atoms with Crippen molar-refractivity contribution in [2.45, 2.75) is 90.9 Å². The minimum Gasteiger partial charge on any atom is -0.497 e. The maximum absolute atomic E-state index is 4.91. The number of hydrogen-bond donors (Lipinski definition) is 0. The van der Waals surface area contributed by atoms with E-state index >= 15 is 0 Å². The second kappa shape index (κ2) is 21.5. The van der Waals surface area contributed by atoms with Crippen molar-refractivity contribution in [1.82, 2.24) is 0 Å². The highest BCUT2D eigenvalue weighted by atomic mass is 31.1. The van der Waals surface area contributed by atoms with Gasteiger partial charge >= 0.3 is 0 Å². The number of benzene rings is 1. The normalized spacial score (nSPS) is 10.2. The van der Waals surface area contributed by atoms with E-state index in [4.69, 9.17) is 4.74 Å². The van der Waals surface area contributed by atoms with Crippen LogP contribution in [0.3, 0.4) is 0 Å². The first-order chi connectivity index (χ1) is 12.3. The maximum Gasteiger partial charge on any atom is 0.118 e. The van der Waals surface area contributed by atoms with Crippen LogP contribution in [0.25, 0.3) is 0 Å². The van der Waals surface area contributed by atoms with Crippen molar-refractivity contribution < 1.29 is 4.74 Å². The standard InChI is InChI=1S/C16H35P.C7H8O/c1-3-5-7-9-11-13-15-17-16-14-12-10-8-6-4-2;1-8-7-5-3-2-4-6-7/h17H,3-16H2,1-2H3;2-6H,1H3. The van der Waals surface area contributed by atoms with Gasteiger partial charge in [-0.05, 0) is 37.3 Å². The Kier molecular flexibility index (Phi) is 21.0. The van der Waals surface area contributed by atoms with Gasteiger partial charge in [0.1, 0.15) is 5.75 Å². The Labute approximate surface area is 160 Å². The van der Waals surface area contributed by atoms with Gasteiger partial charge in [-0.2, -0.15) is 0 Å². The lowest BCUT2D eigenvalue weighted by molar-refractivity contribution is 0.415. The molecule has 0 aliphatic rings. The van der Waals surface area contributed by atoms with Crippen LogP contribution in [0, 0.1) is 0 Å². The van der Waals surface area contributed by atoms with Crippen molar-refractivity contribution in [3.8, 4) is 5.75 Å². The molecule has 0 aliphatic heterocycles. The molecule has 0 atom stereocenters. The molecule has 0 saturated heterocycles. The van der Waals surface area contributed by atoms with Crippen LogP contribution in [0.1, 0.15) is 90.9 Å². The van der Waals surface area contributed by atoms with Crippen molar-refractivity contribution in [2.24, 2.45) is 0 Å². The molecule has 0 aromatic heterocycles. The quantitative estimate of drug-likeness (QED) is 0.225. The zero-order valence-electron chi connectivity index (χ0n) is 17.2. The van der Waals surface area contributed by atoms with E-state index in [0.717, 1.165) is 5.75 Å². The summed E-state index contributed by atoms with van der Waals surface area (Å²) in [4.78, 5) is 0. The van der Waals surface area contributed by atoms with Gasteiger partial charge in [0.25, 0.3) is 0 Å². The number of unbranched alkanes of at least 4 members (excludes halogenated alkanes) is 10. The highest BCUT2D eigenvalue weighted by Gasteiger charge is 1.93. The van der Waals surface area contributed by atoms with Gasteiger partial charge in [0.05, 0.1) is 7.11 Å². The lowest BCUT2D eigenvalue weighted by Crippen LogP contribution is -1.84. The zero-order chi connectivity index (χ0) is 18.4. The first kappa shape index (κ1) is 24.5. The van der Waals surface area contributed by atoms with Crippen molar-refractivity contribution in [2.75, 3.05) is 19.4 Å². The number of rotatable bonds is 15. The molecular weight excluding hydrogens is 323 g/mol. The fourth-order valence-corrected chi connectivity index (χ4v) is 3.99. The summed E-state index contributed by atoms with van der Waals surface area (Å²) in [5, 5.41) is 0. The molecule has 146 valence electrons. The van der Waals surface area contributed by atoms with Gasteiger partial charge < -0.3 is 4.74 Å².